The van der Waals surface area contributed by atoms with Crippen molar-refractivity contribution in [3.8, 4) is 17.2 Å². The zero-order valence-electron chi connectivity index (χ0n) is 23.6. The van der Waals surface area contributed by atoms with Gasteiger partial charge in [0.2, 0.25) is 0 Å². The quantitative estimate of drug-likeness (QED) is 0.322. The molecule has 0 aliphatic heterocycles. The number of ether oxygens (including phenoxy) is 6. The first-order valence-corrected chi connectivity index (χ1v) is 12.5. The van der Waals surface area contributed by atoms with Gasteiger partial charge in [0.25, 0.3) is 0 Å². The molecule has 8 nitrogen and oxygen atoms in total. The lowest BCUT2D eigenvalue weighted by Crippen LogP contribution is -2.21. The number of phenolic OH excluding ortho intramolecular Hbond substituents is 2. The van der Waals surface area contributed by atoms with Crippen LogP contribution in [-0.4, -0.2) is 64.6 Å². The fraction of sp³-hybridized carbons (Fsp3) is 0.586. The van der Waals surface area contributed by atoms with Gasteiger partial charge < -0.3 is 38.6 Å². The Kier molecular flexibility index (Phi) is 12.1. The molecule has 0 spiro atoms. The fourth-order valence-electron chi connectivity index (χ4n) is 4.14. The van der Waals surface area contributed by atoms with Crippen molar-refractivity contribution >= 4 is 0 Å². The van der Waals surface area contributed by atoms with E-state index in [0.29, 0.717) is 42.3 Å². The summed E-state index contributed by atoms with van der Waals surface area (Å²) in [6, 6.07) is 7.71. The summed E-state index contributed by atoms with van der Waals surface area (Å²) < 4.78 is 33.0. The van der Waals surface area contributed by atoms with Crippen LogP contribution in [0.5, 0.6) is 17.2 Å². The van der Waals surface area contributed by atoms with Gasteiger partial charge in [0, 0.05) is 56.5 Å². The van der Waals surface area contributed by atoms with E-state index >= 15 is 0 Å². The molecular weight excluding hydrogens is 476 g/mol. The van der Waals surface area contributed by atoms with Gasteiger partial charge >= 0.3 is 0 Å². The highest BCUT2D eigenvalue weighted by Gasteiger charge is 2.28. The molecule has 0 radical (unpaired) electrons. The highest BCUT2D eigenvalue weighted by molar-refractivity contribution is 5.54. The molecule has 0 heterocycles. The third-order valence-electron chi connectivity index (χ3n) is 6.36. The highest BCUT2D eigenvalue weighted by atomic mass is 16.5. The van der Waals surface area contributed by atoms with Crippen LogP contribution in [0.3, 0.4) is 0 Å². The van der Waals surface area contributed by atoms with Gasteiger partial charge in [0.15, 0.2) is 11.5 Å². The smallest absolute Gasteiger partial charge is 0.163 e. The second-order valence-corrected chi connectivity index (χ2v) is 10.1. The number of aromatic hydroxyl groups is 2. The normalized spacial score (nSPS) is 13.5. The number of benzene rings is 2. The average molecular weight is 521 g/mol. The minimum atomic E-state index is -0.518. The predicted octanol–water partition coefficient (Wildman–Crippen LogP) is 4.93. The Morgan fingerprint density at radius 3 is 1.73 bits per heavy atom. The minimum absolute atomic E-state index is 0.0676. The van der Waals surface area contributed by atoms with E-state index in [9.17, 15) is 10.2 Å². The summed E-state index contributed by atoms with van der Waals surface area (Å²) in [5.74, 6) is 0.781. The van der Waals surface area contributed by atoms with Crippen LogP contribution in [0, 0.1) is 5.92 Å². The molecule has 0 amide bonds. The topological polar surface area (TPSA) is 95.8 Å². The Balaban J connectivity index is 2.53. The van der Waals surface area contributed by atoms with E-state index < -0.39 is 5.41 Å². The van der Waals surface area contributed by atoms with Gasteiger partial charge in [-0.1, -0.05) is 20.8 Å². The summed E-state index contributed by atoms with van der Waals surface area (Å²) in [6.45, 7) is 10.3. The van der Waals surface area contributed by atoms with Gasteiger partial charge in [-0.15, -0.1) is 0 Å². The highest BCUT2D eigenvalue weighted by Crippen LogP contribution is 2.41. The molecule has 0 saturated heterocycles. The van der Waals surface area contributed by atoms with Gasteiger partial charge in [-0.25, -0.2) is 0 Å². The average Bonchev–Trinajstić information content (AvgIpc) is 2.85. The van der Waals surface area contributed by atoms with Crippen molar-refractivity contribution in [3.05, 3.63) is 52.1 Å². The molecule has 37 heavy (non-hydrogen) atoms. The molecule has 2 rings (SSSR count). The van der Waals surface area contributed by atoms with Crippen LogP contribution in [-0.2, 0) is 48.9 Å². The van der Waals surface area contributed by atoms with Gasteiger partial charge in [-0.3, -0.25) is 0 Å². The van der Waals surface area contributed by atoms with Crippen molar-refractivity contribution in [2.24, 2.45) is 5.92 Å². The van der Waals surface area contributed by atoms with Gasteiger partial charge in [0.1, 0.15) is 5.75 Å². The number of hydrogen-bond donors (Lipinski definition) is 2. The zero-order chi connectivity index (χ0) is 27.6. The van der Waals surface area contributed by atoms with E-state index in [-0.39, 0.29) is 43.3 Å². The van der Waals surface area contributed by atoms with Crippen LogP contribution in [0.15, 0.2) is 24.3 Å². The number of rotatable bonds is 16. The largest absolute Gasteiger partial charge is 0.507 e. The van der Waals surface area contributed by atoms with Crippen molar-refractivity contribution in [1.82, 2.24) is 0 Å². The maximum Gasteiger partial charge on any atom is 0.163 e. The van der Waals surface area contributed by atoms with E-state index in [4.69, 9.17) is 28.4 Å². The maximum atomic E-state index is 10.9. The summed E-state index contributed by atoms with van der Waals surface area (Å²) in [4.78, 5) is 0. The molecule has 0 aliphatic carbocycles. The molecule has 2 aromatic carbocycles. The Bertz CT molecular complexity index is 911. The monoisotopic (exact) mass is 520 g/mol. The molecule has 2 aromatic rings. The molecule has 2 N–H and O–H groups in total. The molecule has 0 aliphatic rings. The molecular formula is C29H44O8. The van der Waals surface area contributed by atoms with Crippen molar-refractivity contribution in [2.45, 2.75) is 59.0 Å². The van der Waals surface area contributed by atoms with E-state index in [1.807, 2.05) is 38.1 Å². The molecule has 0 bridgehead atoms. The van der Waals surface area contributed by atoms with Crippen LogP contribution in [0.1, 0.15) is 55.5 Å². The number of hydrogen-bond acceptors (Lipinski definition) is 8. The standard InChI is InChI=1S/C29H44O8/c1-19(13-32-5)14-37-26-12-25(10-22(17-35-8)28(26)31)29(3,4)24-9-21(16-34-7)27(30)23(11-24)18-36-20(2)15-33-6/h9-12,19-20,30-31H,13-18H2,1-8H3. The van der Waals surface area contributed by atoms with Crippen LogP contribution in [0.2, 0.25) is 0 Å². The minimum Gasteiger partial charge on any atom is -0.507 e. The van der Waals surface area contributed by atoms with E-state index in [0.717, 1.165) is 11.1 Å². The van der Waals surface area contributed by atoms with Crippen molar-refractivity contribution in [2.75, 3.05) is 48.3 Å². The Labute approximate surface area is 221 Å². The molecule has 0 aromatic heterocycles. The van der Waals surface area contributed by atoms with Gasteiger partial charge in [0.05, 0.1) is 45.7 Å². The van der Waals surface area contributed by atoms with Crippen molar-refractivity contribution in [1.29, 1.82) is 0 Å². The molecule has 2 unspecified atom stereocenters. The SMILES string of the molecule is COCc1cc(C(C)(C)c2cc(COC)c(O)c(OCC(C)COC)c2)cc(COC(C)COC)c1O. The van der Waals surface area contributed by atoms with Crippen LogP contribution >= 0.6 is 0 Å². The zero-order valence-corrected chi connectivity index (χ0v) is 23.6. The summed E-state index contributed by atoms with van der Waals surface area (Å²) in [7, 11) is 6.47. The molecule has 208 valence electrons. The maximum absolute atomic E-state index is 10.9. The Morgan fingerprint density at radius 1 is 0.676 bits per heavy atom. The lowest BCUT2D eigenvalue weighted by molar-refractivity contribution is -0.000839. The lowest BCUT2D eigenvalue weighted by atomic mass is 9.76. The van der Waals surface area contributed by atoms with Crippen LogP contribution in [0.25, 0.3) is 0 Å². The van der Waals surface area contributed by atoms with E-state index in [2.05, 4.69) is 13.8 Å². The van der Waals surface area contributed by atoms with Gasteiger partial charge in [-0.2, -0.15) is 0 Å². The third kappa shape index (κ3) is 8.32. The van der Waals surface area contributed by atoms with E-state index in [1.165, 1.54) is 0 Å². The Hall–Kier alpha value is -2.36. The molecule has 0 saturated carbocycles. The van der Waals surface area contributed by atoms with Gasteiger partial charge in [-0.05, 0) is 42.3 Å². The second-order valence-electron chi connectivity index (χ2n) is 10.1. The van der Waals surface area contributed by atoms with Crippen LogP contribution < -0.4 is 4.74 Å². The summed E-state index contributed by atoms with van der Waals surface area (Å²) in [6.07, 6.45) is -0.124. The number of phenols is 2. The summed E-state index contributed by atoms with van der Waals surface area (Å²) in [5.41, 5.74) is 3.35. The summed E-state index contributed by atoms with van der Waals surface area (Å²) in [5, 5.41) is 21.8. The first-order valence-electron chi connectivity index (χ1n) is 12.5. The first-order chi connectivity index (χ1) is 17.6. The first kappa shape index (κ1) is 30.9. The van der Waals surface area contributed by atoms with Crippen molar-refractivity contribution in [3.63, 3.8) is 0 Å². The second kappa shape index (κ2) is 14.5. The molecule has 8 heteroatoms. The Morgan fingerprint density at radius 2 is 1.19 bits per heavy atom. The van der Waals surface area contributed by atoms with E-state index in [1.54, 1.807) is 28.4 Å². The third-order valence-corrected chi connectivity index (χ3v) is 6.36. The summed E-state index contributed by atoms with van der Waals surface area (Å²) >= 11 is 0. The molecule has 0 fully saturated rings. The van der Waals surface area contributed by atoms with Crippen molar-refractivity contribution < 1.29 is 38.6 Å². The fourth-order valence-corrected chi connectivity index (χ4v) is 4.14. The predicted molar refractivity (Wildman–Crippen MR) is 142 cm³/mol. The molecule has 2 atom stereocenters. The van der Waals surface area contributed by atoms with Crippen LogP contribution in [0.4, 0.5) is 0 Å². The number of methoxy groups -OCH3 is 4. The lowest BCUT2D eigenvalue weighted by Gasteiger charge is -2.29.